The standard InChI is InChI=1S/C21H16Cl2N2O2S/c1-12-13(2)28-20-18(12)19(26)25(17-5-3-4-16(23)10-17)21(27)24(20)11-14-6-8-15(22)9-7-14/h3-10H,11H2,1-2H3. The van der Waals surface area contributed by atoms with Crippen LogP contribution in [0.5, 0.6) is 0 Å². The molecule has 2 aromatic carbocycles. The summed E-state index contributed by atoms with van der Waals surface area (Å²) in [4.78, 5) is 28.3. The predicted octanol–water partition coefficient (Wildman–Crippen LogP) is 5.19. The van der Waals surface area contributed by atoms with Crippen LogP contribution in [0.4, 0.5) is 0 Å². The van der Waals surface area contributed by atoms with Crippen LogP contribution in [0.15, 0.2) is 58.1 Å². The van der Waals surface area contributed by atoms with E-state index in [0.717, 1.165) is 16.0 Å². The molecule has 2 aromatic heterocycles. The molecule has 0 aliphatic carbocycles. The topological polar surface area (TPSA) is 44.0 Å². The van der Waals surface area contributed by atoms with Gasteiger partial charge in [0, 0.05) is 14.9 Å². The Balaban J connectivity index is 2.06. The minimum atomic E-state index is -0.393. The molecule has 4 nitrogen and oxygen atoms in total. The van der Waals surface area contributed by atoms with Crippen molar-refractivity contribution in [2.45, 2.75) is 20.4 Å². The molecule has 142 valence electrons. The van der Waals surface area contributed by atoms with Crippen LogP contribution in [0.2, 0.25) is 10.0 Å². The van der Waals surface area contributed by atoms with E-state index >= 15 is 0 Å². The third-order valence-electron chi connectivity index (χ3n) is 4.77. The average molecular weight is 431 g/mol. The van der Waals surface area contributed by atoms with E-state index in [9.17, 15) is 9.59 Å². The highest BCUT2D eigenvalue weighted by Crippen LogP contribution is 2.28. The van der Waals surface area contributed by atoms with Crippen molar-refractivity contribution in [3.63, 3.8) is 0 Å². The molecule has 0 aliphatic heterocycles. The maximum absolute atomic E-state index is 13.4. The van der Waals surface area contributed by atoms with Crippen molar-refractivity contribution < 1.29 is 0 Å². The molecule has 4 rings (SSSR count). The van der Waals surface area contributed by atoms with Gasteiger partial charge < -0.3 is 0 Å². The average Bonchev–Trinajstić information content (AvgIpc) is 2.95. The molecule has 7 heteroatoms. The van der Waals surface area contributed by atoms with Crippen molar-refractivity contribution in [3.8, 4) is 5.69 Å². The molecule has 0 aliphatic rings. The summed E-state index contributed by atoms with van der Waals surface area (Å²) in [6.07, 6.45) is 0. The highest BCUT2D eigenvalue weighted by Gasteiger charge is 2.19. The van der Waals surface area contributed by atoms with Crippen molar-refractivity contribution in [2.24, 2.45) is 0 Å². The Bertz CT molecular complexity index is 1320. The lowest BCUT2D eigenvalue weighted by molar-refractivity contribution is 0.719. The van der Waals surface area contributed by atoms with E-state index in [-0.39, 0.29) is 5.56 Å². The summed E-state index contributed by atoms with van der Waals surface area (Å²) in [5, 5.41) is 1.66. The molecule has 0 saturated heterocycles. The number of thiophene rings is 1. The summed E-state index contributed by atoms with van der Waals surface area (Å²) in [6.45, 7) is 4.21. The molecular weight excluding hydrogens is 415 g/mol. The van der Waals surface area contributed by atoms with Crippen molar-refractivity contribution in [1.29, 1.82) is 0 Å². The number of fused-ring (bicyclic) bond motifs is 1. The van der Waals surface area contributed by atoms with Crippen molar-refractivity contribution in [2.75, 3.05) is 0 Å². The number of nitrogens with zero attached hydrogens (tertiary/aromatic N) is 2. The fourth-order valence-corrected chi connectivity index (χ4v) is 4.66. The molecule has 0 unspecified atom stereocenters. The first-order chi connectivity index (χ1) is 13.4. The molecule has 0 amide bonds. The zero-order chi connectivity index (χ0) is 20.0. The van der Waals surface area contributed by atoms with E-state index in [4.69, 9.17) is 23.2 Å². The molecule has 0 fully saturated rings. The maximum atomic E-state index is 13.4. The summed E-state index contributed by atoms with van der Waals surface area (Å²) >= 11 is 13.5. The lowest BCUT2D eigenvalue weighted by Gasteiger charge is -2.13. The molecule has 0 atom stereocenters. The van der Waals surface area contributed by atoms with Crippen LogP contribution in [0.25, 0.3) is 15.9 Å². The third-order valence-corrected chi connectivity index (χ3v) is 6.49. The van der Waals surface area contributed by atoms with Gasteiger partial charge in [0.15, 0.2) is 0 Å². The van der Waals surface area contributed by atoms with E-state index in [0.29, 0.717) is 32.5 Å². The second-order valence-electron chi connectivity index (χ2n) is 6.58. The van der Waals surface area contributed by atoms with E-state index < -0.39 is 5.69 Å². The third kappa shape index (κ3) is 3.20. The molecule has 2 heterocycles. The monoisotopic (exact) mass is 430 g/mol. The van der Waals surface area contributed by atoms with Gasteiger partial charge in [-0.3, -0.25) is 9.36 Å². The predicted molar refractivity (Wildman–Crippen MR) is 117 cm³/mol. The quantitative estimate of drug-likeness (QED) is 0.448. The zero-order valence-electron chi connectivity index (χ0n) is 15.2. The highest BCUT2D eigenvalue weighted by atomic mass is 35.5. The van der Waals surface area contributed by atoms with Crippen LogP contribution >= 0.6 is 34.5 Å². The second kappa shape index (κ2) is 7.24. The summed E-state index contributed by atoms with van der Waals surface area (Å²) in [6, 6.07) is 14.1. The van der Waals surface area contributed by atoms with Crippen LogP contribution in [0, 0.1) is 13.8 Å². The van der Waals surface area contributed by atoms with Crippen LogP contribution in [0.3, 0.4) is 0 Å². The zero-order valence-corrected chi connectivity index (χ0v) is 17.5. The molecule has 0 spiro atoms. The fourth-order valence-electron chi connectivity index (χ4n) is 3.21. The van der Waals surface area contributed by atoms with Crippen molar-refractivity contribution >= 4 is 44.8 Å². The van der Waals surface area contributed by atoms with Crippen LogP contribution in [-0.4, -0.2) is 9.13 Å². The SMILES string of the molecule is Cc1sc2c(c1C)c(=O)n(-c1cccc(Cl)c1)c(=O)n2Cc1ccc(Cl)cc1. The smallest absolute Gasteiger partial charge is 0.280 e. The van der Waals surface area contributed by atoms with E-state index in [2.05, 4.69) is 0 Å². The van der Waals surface area contributed by atoms with Gasteiger partial charge in [0.05, 0.1) is 17.6 Å². The number of benzene rings is 2. The molecule has 0 N–H and O–H groups in total. The van der Waals surface area contributed by atoms with Gasteiger partial charge in [-0.25, -0.2) is 9.36 Å². The van der Waals surface area contributed by atoms with E-state index in [1.807, 2.05) is 26.0 Å². The second-order valence-corrected chi connectivity index (χ2v) is 8.66. The van der Waals surface area contributed by atoms with Gasteiger partial charge in [0.2, 0.25) is 0 Å². The lowest BCUT2D eigenvalue weighted by atomic mass is 10.2. The number of hydrogen-bond acceptors (Lipinski definition) is 3. The molecule has 0 radical (unpaired) electrons. The number of hydrogen-bond donors (Lipinski definition) is 0. The number of halogens is 2. The molecule has 0 bridgehead atoms. The molecule has 0 saturated carbocycles. The van der Waals surface area contributed by atoms with Gasteiger partial charge in [-0.1, -0.05) is 41.4 Å². The minimum Gasteiger partial charge on any atom is -0.280 e. The van der Waals surface area contributed by atoms with Crippen molar-refractivity contribution in [1.82, 2.24) is 9.13 Å². The van der Waals surface area contributed by atoms with E-state index in [1.165, 1.54) is 15.9 Å². The summed E-state index contributed by atoms with van der Waals surface area (Å²) in [5.74, 6) is 0. The van der Waals surface area contributed by atoms with Gasteiger partial charge >= 0.3 is 5.69 Å². The normalized spacial score (nSPS) is 11.3. The molecule has 28 heavy (non-hydrogen) atoms. The Morgan fingerprint density at radius 3 is 2.36 bits per heavy atom. The van der Waals surface area contributed by atoms with Crippen LogP contribution in [0.1, 0.15) is 16.0 Å². The van der Waals surface area contributed by atoms with E-state index in [1.54, 1.807) is 41.0 Å². The first kappa shape index (κ1) is 19.0. The minimum absolute atomic E-state index is 0.323. The molecular formula is C21H16Cl2N2O2S. The van der Waals surface area contributed by atoms with Crippen molar-refractivity contribution in [3.05, 3.63) is 95.4 Å². The maximum Gasteiger partial charge on any atom is 0.337 e. The number of rotatable bonds is 3. The fraction of sp³-hybridized carbons (Fsp3) is 0.143. The van der Waals surface area contributed by atoms with Gasteiger partial charge in [0.25, 0.3) is 5.56 Å². The number of aromatic nitrogens is 2. The van der Waals surface area contributed by atoms with Gasteiger partial charge in [-0.15, -0.1) is 11.3 Å². The first-order valence-corrected chi connectivity index (χ1v) is 10.2. The van der Waals surface area contributed by atoms with Gasteiger partial charge in [-0.2, -0.15) is 0 Å². The Labute approximate surface area is 175 Å². The summed E-state index contributed by atoms with van der Waals surface area (Å²) in [7, 11) is 0. The Hall–Kier alpha value is -2.34. The first-order valence-electron chi connectivity index (χ1n) is 8.63. The Kier molecular flexibility index (Phi) is 4.91. The summed E-state index contributed by atoms with van der Waals surface area (Å²) < 4.78 is 2.84. The van der Waals surface area contributed by atoms with Crippen LogP contribution < -0.4 is 11.2 Å². The Morgan fingerprint density at radius 2 is 1.68 bits per heavy atom. The largest absolute Gasteiger partial charge is 0.337 e. The van der Waals surface area contributed by atoms with Gasteiger partial charge in [0.1, 0.15) is 4.83 Å². The van der Waals surface area contributed by atoms with Crippen LogP contribution in [-0.2, 0) is 6.54 Å². The van der Waals surface area contributed by atoms with Gasteiger partial charge in [-0.05, 0) is 55.3 Å². The summed E-state index contributed by atoms with van der Waals surface area (Å²) in [5.41, 5.74) is 1.56. The molecule has 4 aromatic rings. The lowest BCUT2D eigenvalue weighted by Crippen LogP contribution is -2.38. The Morgan fingerprint density at radius 1 is 0.964 bits per heavy atom. The highest BCUT2D eigenvalue weighted by molar-refractivity contribution is 7.18. The number of aryl methyl sites for hydroxylation is 2.